The van der Waals surface area contributed by atoms with Gasteiger partial charge in [0, 0.05) is 12.2 Å². The third-order valence-electron chi connectivity index (χ3n) is 4.31. The number of aryl methyl sites for hydroxylation is 3. The number of nitrogens with one attached hydrogen (secondary N) is 2. The molecule has 1 amide bonds. The number of hydrogen-bond acceptors (Lipinski definition) is 5. The lowest BCUT2D eigenvalue weighted by molar-refractivity contribution is 0.0954. The fraction of sp³-hybridized carbons (Fsp3) is 0.273. The Morgan fingerprint density at radius 3 is 2.54 bits per heavy atom. The summed E-state index contributed by atoms with van der Waals surface area (Å²) in [6, 6.07) is 13.9. The minimum Gasteiger partial charge on any atom is -0.494 e. The van der Waals surface area contributed by atoms with Crippen LogP contribution in [-0.2, 0) is 6.54 Å². The van der Waals surface area contributed by atoms with Crippen molar-refractivity contribution in [2.75, 3.05) is 11.9 Å². The van der Waals surface area contributed by atoms with E-state index in [9.17, 15) is 4.79 Å². The normalized spacial score (nSPS) is 10.6. The second-order valence-electron chi connectivity index (χ2n) is 6.64. The van der Waals surface area contributed by atoms with Gasteiger partial charge in [-0.05, 0) is 57.0 Å². The molecule has 5 nitrogen and oxygen atoms in total. The van der Waals surface area contributed by atoms with Gasteiger partial charge in [0.15, 0.2) is 5.13 Å². The van der Waals surface area contributed by atoms with Gasteiger partial charge < -0.3 is 15.4 Å². The van der Waals surface area contributed by atoms with E-state index in [0.29, 0.717) is 18.0 Å². The third-order valence-corrected chi connectivity index (χ3v) is 5.39. The van der Waals surface area contributed by atoms with Crippen LogP contribution < -0.4 is 15.4 Å². The van der Waals surface area contributed by atoms with E-state index in [0.717, 1.165) is 33.4 Å². The molecule has 2 aromatic carbocycles. The van der Waals surface area contributed by atoms with Gasteiger partial charge in [-0.1, -0.05) is 41.2 Å². The lowest BCUT2D eigenvalue weighted by Gasteiger charge is -2.07. The molecule has 0 fully saturated rings. The van der Waals surface area contributed by atoms with Crippen LogP contribution in [0.4, 0.5) is 10.8 Å². The van der Waals surface area contributed by atoms with E-state index in [1.165, 1.54) is 16.9 Å². The molecule has 0 aliphatic heterocycles. The first-order valence-electron chi connectivity index (χ1n) is 9.28. The molecule has 3 rings (SSSR count). The fourth-order valence-corrected chi connectivity index (χ4v) is 3.76. The quantitative estimate of drug-likeness (QED) is 0.581. The van der Waals surface area contributed by atoms with Crippen LogP contribution in [-0.4, -0.2) is 17.5 Å². The number of nitrogens with zero attached hydrogens (tertiary/aromatic N) is 1. The van der Waals surface area contributed by atoms with Gasteiger partial charge in [0.2, 0.25) is 0 Å². The molecule has 0 spiro atoms. The van der Waals surface area contributed by atoms with E-state index in [2.05, 4.69) is 41.6 Å². The lowest BCUT2D eigenvalue weighted by Crippen LogP contribution is -2.22. The smallest absolute Gasteiger partial charge is 0.263 e. The Hall–Kier alpha value is -2.86. The second-order valence-corrected chi connectivity index (χ2v) is 7.64. The van der Waals surface area contributed by atoms with Crippen molar-refractivity contribution in [3.05, 3.63) is 69.7 Å². The number of carbonyl (C=O) groups excluding carboxylic acids is 1. The standard InChI is InChI=1S/C22H25N3O2S/c1-5-27-18-9-7-17(8-10-18)13-23-21(26)20-16(4)24-22(28-20)25-19-11-6-14(2)12-15(19)3/h6-12H,5,13H2,1-4H3,(H,23,26)(H,24,25). The van der Waals surface area contributed by atoms with Gasteiger partial charge in [0.1, 0.15) is 10.6 Å². The summed E-state index contributed by atoms with van der Waals surface area (Å²) in [6.45, 7) is 9.03. The highest BCUT2D eigenvalue weighted by Gasteiger charge is 2.15. The lowest BCUT2D eigenvalue weighted by atomic mass is 10.1. The SMILES string of the molecule is CCOc1ccc(CNC(=O)c2sc(Nc3ccc(C)cc3C)nc2C)cc1. The number of aromatic nitrogens is 1. The van der Waals surface area contributed by atoms with Crippen molar-refractivity contribution < 1.29 is 9.53 Å². The van der Waals surface area contributed by atoms with Crippen LogP contribution >= 0.6 is 11.3 Å². The molecule has 0 atom stereocenters. The van der Waals surface area contributed by atoms with Crippen LogP contribution in [0.5, 0.6) is 5.75 Å². The summed E-state index contributed by atoms with van der Waals surface area (Å²) in [7, 11) is 0. The molecule has 0 saturated heterocycles. The predicted octanol–water partition coefficient (Wildman–Crippen LogP) is 5.14. The largest absolute Gasteiger partial charge is 0.494 e. The van der Waals surface area contributed by atoms with Crippen molar-refractivity contribution >= 4 is 28.1 Å². The van der Waals surface area contributed by atoms with Crippen molar-refractivity contribution in [3.63, 3.8) is 0 Å². The Labute approximate surface area is 169 Å². The molecule has 1 heterocycles. The maximum atomic E-state index is 12.6. The number of rotatable bonds is 7. The molecule has 28 heavy (non-hydrogen) atoms. The number of ether oxygens (including phenoxy) is 1. The molecular formula is C22H25N3O2S. The van der Waals surface area contributed by atoms with Gasteiger partial charge in [-0.15, -0.1) is 0 Å². The summed E-state index contributed by atoms with van der Waals surface area (Å²) in [5, 5.41) is 7.01. The summed E-state index contributed by atoms with van der Waals surface area (Å²) >= 11 is 1.37. The van der Waals surface area contributed by atoms with Crippen LogP contribution in [0, 0.1) is 20.8 Å². The number of anilines is 2. The first-order valence-corrected chi connectivity index (χ1v) is 10.1. The summed E-state index contributed by atoms with van der Waals surface area (Å²) in [4.78, 5) is 17.7. The van der Waals surface area contributed by atoms with E-state index < -0.39 is 0 Å². The highest BCUT2D eigenvalue weighted by Crippen LogP contribution is 2.27. The molecule has 1 aromatic heterocycles. The van der Waals surface area contributed by atoms with E-state index in [1.54, 1.807) is 0 Å². The molecule has 0 unspecified atom stereocenters. The maximum absolute atomic E-state index is 12.6. The Bertz CT molecular complexity index is 964. The Kier molecular flexibility index (Phi) is 6.31. The molecule has 6 heteroatoms. The molecule has 146 valence electrons. The zero-order valence-electron chi connectivity index (χ0n) is 16.6. The molecule has 2 N–H and O–H groups in total. The van der Waals surface area contributed by atoms with Gasteiger partial charge in [-0.2, -0.15) is 0 Å². The molecular weight excluding hydrogens is 370 g/mol. The van der Waals surface area contributed by atoms with Crippen LogP contribution in [0.2, 0.25) is 0 Å². The Morgan fingerprint density at radius 1 is 1.11 bits per heavy atom. The van der Waals surface area contributed by atoms with Crippen LogP contribution in [0.3, 0.4) is 0 Å². The number of hydrogen-bond donors (Lipinski definition) is 2. The first-order chi connectivity index (χ1) is 13.5. The minimum atomic E-state index is -0.113. The third kappa shape index (κ3) is 4.89. The highest BCUT2D eigenvalue weighted by atomic mass is 32.1. The van der Waals surface area contributed by atoms with Crippen LogP contribution in [0.25, 0.3) is 0 Å². The van der Waals surface area contributed by atoms with Crippen molar-refractivity contribution in [2.45, 2.75) is 34.2 Å². The monoisotopic (exact) mass is 395 g/mol. The molecule has 3 aromatic rings. The van der Waals surface area contributed by atoms with Gasteiger partial charge >= 0.3 is 0 Å². The van der Waals surface area contributed by atoms with Crippen LogP contribution in [0.15, 0.2) is 42.5 Å². The Morgan fingerprint density at radius 2 is 1.86 bits per heavy atom. The number of thiazole rings is 1. The van der Waals surface area contributed by atoms with Crippen LogP contribution in [0.1, 0.15) is 39.0 Å². The maximum Gasteiger partial charge on any atom is 0.263 e. The number of benzene rings is 2. The van der Waals surface area contributed by atoms with Crippen molar-refractivity contribution in [1.82, 2.24) is 10.3 Å². The van der Waals surface area contributed by atoms with E-state index in [1.807, 2.05) is 44.2 Å². The minimum absolute atomic E-state index is 0.113. The average molecular weight is 396 g/mol. The molecule has 0 bridgehead atoms. The van der Waals surface area contributed by atoms with Crippen molar-refractivity contribution in [3.8, 4) is 5.75 Å². The Balaban J connectivity index is 1.64. The van der Waals surface area contributed by atoms with Gasteiger partial charge in [-0.25, -0.2) is 4.98 Å². The first kappa shape index (κ1) is 19.9. The van der Waals surface area contributed by atoms with Crippen molar-refractivity contribution in [1.29, 1.82) is 0 Å². The van der Waals surface area contributed by atoms with Gasteiger partial charge in [-0.3, -0.25) is 4.79 Å². The second kappa shape index (κ2) is 8.89. The summed E-state index contributed by atoms with van der Waals surface area (Å²) in [5.41, 5.74) is 5.11. The van der Waals surface area contributed by atoms with E-state index in [-0.39, 0.29) is 5.91 Å². The zero-order valence-corrected chi connectivity index (χ0v) is 17.4. The zero-order chi connectivity index (χ0) is 20.1. The summed E-state index contributed by atoms with van der Waals surface area (Å²) < 4.78 is 5.44. The fourth-order valence-electron chi connectivity index (χ4n) is 2.86. The van der Waals surface area contributed by atoms with E-state index >= 15 is 0 Å². The summed E-state index contributed by atoms with van der Waals surface area (Å²) in [6.07, 6.45) is 0. The molecule has 0 aliphatic carbocycles. The average Bonchev–Trinajstić information content (AvgIpc) is 3.04. The van der Waals surface area contributed by atoms with Crippen molar-refractivity contribution in [2.24, 2.45) is 0 Å². The van der Waals surface area contributed by atoms with E-state index in [4.69, 9.17) is 4.74 Å². The molecule has 0 radical (unpaired) electrons. The predicted molar refractivity (Wildman–Crippen MR) is 115 cm³/mol. The topological polar surface area (TPSA) is 63.2 Å². The number of amides is 1. The molecule has 0 aliphatic rings. The highest BCUT2D eigenvalue weighted by molar-refractivity contribution is 7.17. The summed E-state index contributed by atoms with van der Waals surface area (Å²) in [5.74, 6) is 0.718. The number of carbonyl (C=O) groups is 1. The molecule has 0 saturated carbocycles. The van der Waals surface area contributed by atoms with Gasteiger partial charge in [0.05, 0.1) is 12.3 Å². The van der Waals surface area contributed by atoms with Gasteiger partial charge in [0.25, 0.3) is 5.91 Å².